The Hall–Kier alpha value is -0.940. The number of benzene rings is 1. The van der Waals surface area contributed by atoms with Crippen LogP contribution in [0.25, 0.3) is 0 Å². The van der Waals surface area contributed by atoms with E-state index in [1.54, 1.807) is 18.2 Å². The van der Waals surface area contributed by atoms with Gasteiger partial charge in [0.15, 0.2) is 5.05 Å². The molecule has 0 spiro atoms. The van der Waals surface area contributed by atoms with E-state index in [-0.39, 0.29) is 9.95 Å². The van der Waals surface area contributed by atoms with Crippen LogP contribution in [0.3, 0.4) is 0 Å². The van der Waals surface area contributed by atoms with Crippen molar-refractivity contribution in [2.24, 2.45) is 0 Å². The van der Waals surface area contributed by atoms with Gasteiger partial charge in [-0.3, -0.25) is 0 Å². The summed E-state index contributed by atoms with van der Waals surface area (Å²) in [5.74, 6) is 0. The fourth-order valence-corrected chi connectivity index (χ4v) is 2.45. The molecule has 1 aromatic rings. The molecule has 0 aliphatic carbocycles. The van der Waals surface area contributed by atoms with Gasteiger partial charge in [0, 0.05) is 6.42 Å². The van der Waals surface area contributed by atoms with Crippen LogP contribution in [0.15, 0.2) is 35.2 Å². The van der Waals surface area contributed by atoms with Crippen LogP contribution < -0.4 is 0 Å². The zero-order chi connectivity index (χ0) is 12.0. The van der Waals surface area contributed by atoms with Crippen molar-refractivity contribution in [3.63, 3.8) is 0 Å². The molecule has 0 N–H and O–H groups in total. The monoisotopic (exact) mass is 258 g/mol. The standard InChI is InChI=1S/C11H14O3S2/c1-2-3-9-11(15)14-16(12,13)10-7-5-4-6-8-10/h4-8H,2-3,9H2,1H3. The van der Waals surface area contributed by atoms with Gasteiger partial charge in [-0.05, 0) is 30.8 Å². The molecule has 0 aliphatic heterocycles. The van der Waals surface area contributed by atoms with Gasteiger partial charge in [-0.15, -0.1) is 0 Å². The van der Waals surface area contributed by atoms with Crippen molar-refractivity contribution in [3.8, 4) is 0 Å². The van der Waals surface area contributed by atoms with Gasteiger partial charge in [-0.25, -0.2) is 0 Å². The zero-order valence-electron chi connectivity index (χ0n) is 9.05. The summed E-state index contributed by atoms with van der Waals surface area (Å²) in [5.41, 5.74) is 0. The van der Waals surface area contributed by atoms with Crippen LogP contribution in [0.1, 0.15) is 26.2 Å². The second-order valence-electron chi connectivity index (χ2n) is 3.33. The summed E-state index contributed by atoms with van der Waals surface area (Å²) in [4.78, 5) is 0.133. The van der Waals surface area contributed by atoms with Gasteiger partial charge in [0.1, 0.15) is 4.90 Å². The van der Waals surface area contributed by atoms with Crippen molar-refractivity contribution >= 4 is 27.4 Å². The molecule has 0 saturated carbocycles. The molecular formula is C11H14O3S2. The van der Waals surface area contributed by atoms with Gasteiger partial charge < -0.3 is 4.18 Å². The second kappa shape index (κ2) is 5.96. The molecule has 0 amide bonds. The van der Waals surface area contributed by atoms with E-state index in [2.05, 4.69) is 0 Å². The average Bonchev–Trinajstić information content (AvgIpc) is 2.27. The first-order chi connectivity index (χ1) is 7.56. The molecule has 88 valence electrons. The van der Waals surface area contributed by atoms with E-state index in [0.29, 0.717) is 6.42 Å². The second-order valence-corrected chi connectivity index (χ2v) is 5.33. The molecule has 3 nitrogen and oxygen atoms in total. The van der Waals surface area contributed by atoms with Crippen LogP contribution in [0.5, 0.6) is 0 Å². The largest absolute Gasteiger partial charge is 0.372 e. The molecule has 0 aromatic heterocycles. The van der Waals surface area contributed by atoms with Crippen LogP contribution >= 0.6 is 12.2 Å². The van der Waals surface area contributed by atoms with Gasteiger partial charge in [0.05, 0.1) is 0 Å². The maximum Gasteiger partial charge on any atom is 0.339 e. The third kappa shape index (κ3) is 3.90. The van der Waals surface area contributed by atoms with Crippen LogP contribution in [0.4, 0.5) is 0 Å². The van der Waals surface area contributed by atoms with E-state index in [1.807, 2.05) is 6.92 Å². The first-order valence-corrected chi connectivity index (χ1v) is 6.90. The summed E-state index contributed by atoms with van der Waals surface area (Å²) in [5, 5.41) is 0.130. The minimum atomic E-state index is -3.73. The smallest absolute Gasteiger partial charge is 0.339 e. The topological polar surface area (TPSA) is 43.4 Å². The lowest BCUT2D eigenvalue weighted by atomic mass is 10.3. The lowest BCUT2D eigenvalue weighted by Crippen LogP contribution is -2.11. The van der Waals surface area contributed by atoms with Crippen molar-refractivity contribution in [3.05, 3.63) is 30.3 Å². The lowest BCUT2D eigenvalue weighted by Gasteiger charge is -2.07. The van der Waals surface area contributed by atoms with Crippen molar-refractivity contribution < 1.29 is 12.6 Å². The highest BCUT2D eigenvalue weighted by Crippen LogP contribution is 2.13. The first-order valence-electron chi connectivity index (χ1n) is 5.08. The summed E-state index contributed by atoms with van der Waals surface area (Å²) in [7, 11) is -3.73. The fraction of sp³-hybridized carbons (Fsp3) is 0.364. The van der Waals surface area contributed by atoms with E-state index < -0.39 is 10.1 Å². The Bertz CT molecular complexity index is 438. The third-order valence-electron chi connectivity index (χ3n) is 1.97. The lowest BCUT2D eigenvalue weighted by molar-refractivity contribution is 0.479. The molecule has 0 aliphatic rings. The molecule has 0 radical (unpaired) electrons. The number of thiocarbonyl (C=S) groups is 1. The van der Waals surface area contributed by atoms with Gasteiger partial charge in [0.25, 0.3) is 0 Å². The summed E-state index contributed by atoms with van der Waals surface area (Å²) in [6, 6.07) is 8.00. The Morgan fingerprint density at radius 3 is 2.50 bits per heavy atom. The number of unbranched alkanes of at least 4 members (excludes halogenated alkanes) is 1. The Balaban J connectivity index is 2.70. The van der Waals surface area contributed by atoms with Crippen molar-refractivity contribution in [1.82, 2.24) is 0 Å². The molecule has 0 bridgehead atoms. The minimum Gasteiger partial charge on any atom is -0.372 e. The maximum absolute atomic E-state index is 11.7. The molecule has 0 atom stereocenters. The van der Waals surface area contributed by atoms with E-state index in [4.69, 9.17) is 16.4 Å². The highest BCUT2D eigenvalue weighted by atomic mass is 32.2. The predicted molar refractivity (Wildman–Crippen MR) is 66.8 cm³/mol. The Morgan fingerprint density at radius 1 is 1.31 bits per heavy atom. The molecule has 0 heterocycles. The molecular weight excluding hydrogens is 244 g/mol. The van der Waals surface area contributed by atoms with E-state index in [0.717, 1.165) is 12.8 Å². The third-order valence-corrected chi connectivity index (χ3v) is 3.63. The summed E-state index contributed by atoms with van der Waals surface area (Å²) < 4.78 is 28.2. The van der Waals surface area contributed by atoms with Gasteiger partial charge in [-0.2, -0.15) is 8.42 Å². The predicted octanol–water partition coefficient (Wildman–Crippen LogP) is 2.91. The van der Waals surface area contributed by atoms with Crippen molar-refractivity contribution in [1.29, 1.82) is 0 Å². The Morgan fingerprint density at radius 2 is 1.94 bits per heavy atom. The molecule has 0 unspecified atom stereocenters. The highest BCUT2D eigenvalue weighted by molar-refractivity contribution is 7.89. The molecule has 1 aromatic carbocycles. The van der Waals surface area contributed by atoms with Crippen molar-refractivity contribution in [2.75, 3.05) is 0 Å². The van der Waals surface area contributed by atoms with Crippen LogP contribution in [-0.4, -0.2) is 13.5 Å². The van der Waals surface area contributed by atoms with E-state index in [1.165, 1.54) is 12.1 Å². The molecule has 0 fully saturated rings. The first kappa shape index (κ1) is 13.1. The molecule has 5 heteroatoms. The summed E-state index contributed by atoms with van der Waals surface area (Å²) in [6.45, 7) is 2.01. The minimum absolute atomic E-state index is 0.130. The maximum atomic E-state index is 11.7. The summed E-state index contributed by atoms with van der Waals surface area (Å²) in [6.07, 6.45) is 2.29. The Labute approximate surface area is 102 Å². The highest BCUT2D eigenvalue weighted by Gasteiger charge is 2.16. The van der Waals surface area contributed by atoms with Crippen molar-refractivity contribution in [2.45, 2.75) is 31.1 Å². The van der Waals surface area contributed by atoms with Gasteiger partial charge >= 0.3 is 10.1 Å². The zero-order valence-corrected chi connectivity index (χ0v) is 10.7. The summed E-state index contributed by atoms with van der Waals surface area (Å²) >= 11 is 4.87. The van der Waals surface area contributed by atoms with Crippen LogP contribution in [0, 0.1) is 0 Å². The van der Waals surface area contributed by atoms with Crippen LogP contribution in [0.2, 0.25) is 0 Å². The normalized spacial score (nSPS) is 11.1. The Kier molecular flexibility index (Phi) is 4.89. The van der Waals surface area contributed by atoms with Gasteiger partial charge in [0.2, 0.25) is 0 Å². The number of hydrogen-bond donors (Lipinski definition) is 0. The van der Waals surface area contributed by atoms with Crippen LogP contribution in [-0.2, 0) is 14.3 Å². The van der Waals surface area contributed by atoms with E-state index >= 15 is 0 Å². The average molecular weight is 258 g/mol. The quantitative estimate of drug-likeness (QED) is 0.601. The number of rotatable bonds is 5. The molecule has 16 heavy (non-hydrogen) atoms. The molecule has 1 rings (SSSR count). The number of hydrogen-bond acceptors (Lipinski definition) is 4. The SMILES string of the molecule is CCCCC(=S)OS(=O)(=O)c1ccccc1. The van der Waals surface area contributed by atoms with E-state index in [9.17, 15) is 8.42 Å². The fourth-order valence-electron chi connectivity index (χ4n) is 1.12. The molecule has 0 saturated heterocycles. The van der Waals surface area contributed by atoms with Gasteiger partial charge in [-0.1, -0.05) is 31.5 Å².